The lowest BCUT2D eigenvalue weighted by atomic mass is 9.82. The Labute approximate surface area is 120 Å². The maximum atomic E-state index is 12.1. The average molecular weight is 283 g/mol. The SMILES string of the molecule is NC1(C(=O)NCCC(=O)N2CCOCC2)CCCCC1. The molecule has 2 rings (SSSR count). The number of ether oxygens (including phenoxy) is 1. The van der Waals surface area contributed by atoms with E-state index in [0.29, 0.717) is 39.3 Å². The third-order valence-corrected chi connectivity index (χ3v) is 4.19. The molecule has 0 aromatic rings. The molecular weight excluding hydrogens is 258 g/mol. The van der Waals surface area contributed by atoms with Gasteiger partial charge in [-0.15, -0.1) is 0 Å². The number of carbonyl (C=O) groups is 2. The molecular formula is C14H25N3O3. The van der Waals surface area contributed by atoms with Crippen LogP contribution in [0.2, 0.25) is 0 Å². The Balaban J connectivity index is 1.69. The van der Waals surface area contributed by atoms with Crippen LogP contribution in [0.15, 0.2) is 0 Å². The number of nitrogens with one attached hydrogen (secondary N) is 1. The molecule has 6 nitrogen and oxygen atoms in total. The van der Waals surface area contributed by atoms with Crippen molar-refractivity contribution < 1.29 is 14.3 Å². The highest BCUT2D eigenvalue weighted by Gasteiger charge is 2.34. The van der Waals surface area contributed by atoms with Gasteiger partial charge in [0.25, 0.3) is 0 Å². The Bertz CT molecular complexity index is 348. The Morgan fingerprint density at radius 3 is 2.45 bits per heavy atom. The fraction of sp³-hybridized carbons (Fsp3) is 0.857. The van der Waals surface area contributed by atoms with Crippen LogP contribution in [0.25, 0.3) is 0 Å². The van der Waals surface area contributed by atoms with Crippen molar-refractivity contribution in [1.82, 2.24) is 10.2 Å². The monoisotopic (exact) mass is 283 g/mol. The fourth-order valence-electron chi connectivity index (χ4n) is 2.84. The molecule has 1 aliphatic heterocycles. The molecule has 2 fully saturated rings. The number of rotatable bonds is 4. The average Bonchev–Trinajstić information content (AvgIpc) is 2.48. The van der Waals surface area contributed by atoms with Crippen LogP contribution < -0.4 is 11.1 Å². The first-order valence-corrected chi connectivity index (χ1v) is 7.54. The zero-order valence-electron chi connectivity index (χ0n) is 12.0. The van der Waals surface area contributed by atoms with Crippen LogP contribution in [-0.4, -0.2) is 55.1 Å². The van der Waals surface area contributed by atoms with E-state index in [-0.39, 0.29) is 11.8 Å². The van der Waals surface area contributed by atoms with Gasteiger partial charge in [0, 0.05) is 26.1 Å². The summed E-state index contributed by atoms with van der Waals surface area (Å²) >= 11 is 0. The minimum absolute atomic E-state index is 0.0725. The lowest BCUT2D eigenvalue weighted by molar-refractivity contribution is -0.135. The first kappa shape index (κ1) is 15.3. The standard InChI is InChI=1S/C14H25N3O3/c15-14(5-2-1-3-6-14)13(19)16-7-4-12(18)17-8-10-20-11-9-17/h1-11,15H2,(H,16,19). The van der Waals surface area contributed by atoms with Gasteiger partial charge in [-0.05, 0) is 12.8 Å². The number of nitrogens with zero attached hydrogens (tertiary/aromatic N) is 1. The summed E-state index contributed by atoms with van der Waals surface area (Å²) in [6.07, 6.45) is 5.00. The second kappa shape index (κ2) is 7.04. The van der Waals surface area contributed by atoms with Gasteiger partial charge in [-0.1, -0.05) is 19.3 Å². The van der Waals surface area contributed by atoms with Crippen LogP contribution in [0.1, 0.15) is 38.5 Å². The summed E-state index contributed by atoms with van der Waals surface area (Å²) in [4.78, 5) is 25.8. The molecule has 0 spiro atoms. The highest BCUT2D eigenvalue weighted by molar-refractivity contribution is 5.86. The van der Waals surface area contributed by atoms with E-state index in [2.05, 4.69) is 5.32 Å². The van der Waals surface area contributed by atoms with Gasteiger partial charge in [0.15, 0.2) is 0 Å². The van der Waals surface area contributed by atoms with Gasteiger partial charge in [0.1, 0.15) is 0 Å². The first-order valence-electron chi connectivity index (χ1n) is 7.54. The van der Waals surface area contributed by atoms with Crippen LogP contribution in [0, 0.1) is 0 Å². The lowest BCUT2D eigenvalue weighted by Gasteiger charge is -2.32. The van der Waals surface area contributed by atoms with E-state index in [1.54, 1.807) is 4.90 Å². The highest BCUT2D eigenvalue weighted by Crippen LogP contribution is 2.25. The summed E-state index contributed by atoms with van der Waals surface area (Å²) in [5.41, 5.74) is 5.42. The first-order chi connectivity index (χ1) is 9.62. The zero-order valence-corrected chi connectivity index (χ0v) is 12.0. The molecule has 0 bridgehead atoms. The molecule has 1 aliphatic carbocycles. The fourth-order valence-corrected chi connectivity index (χ4v) is 2.84. The van der Waals surface area contributed by atoms with Gasteiger partial charge in [-0.2, -0.15) is 0 Å². The Morgan fingerprint density at radius 2 is 1.80 bits per heavy atom. The molecule has 3 N–H and O–H groups in total. The van der Waals surface area contributed by atoms with Crippen molar-refractivity contribution in [1.29, 1.82) is 0 Å². The van der Waals surface area contributed by atoms with Crippen molar-refractivity contribution in [3.8, 4) is 0 Å². The molecule has 1 saturated heterocycles. The summed E-state index contributed by atoms with van der Waals surface area (Å²) in [6.45, 7) is 2.86. The minimum atomic E-state index is -0.722. The van der Waals surface area contributed by atoms with E-state index in [4.69, 9.17) is 10.5 Å². The van der Waals surface area contributed by atoms with Crippen molar-refractivity contribution in [2.75, 3.05) is 32.8 Å². The molecule has 2 aliphatic rings. The number of carbonyl (C=O) groups excluding carboxylic acids is 2. The Morgan fingerprint density at radius 1 is 1.15 bits per heavy atom. The van der Waals surface area contributed by atoms with Gasteiger partial charge in [-0.3, -0.25) is 9.59 Å². The topological polar surface area (TPSA) is 84.7 Å². The maximum absolute atomic E-state index is 12.1. The normalized spacial score (nSPS) is 22.4. The molecule has 0 aromatic heterocycles. The molecule has 0 radical (unpaired) electrons. The van der Waals surface area contributed by atoms with Crippen molar-refractivity contribution in [3.05, 3.63) is 0 Å². The number of amides is 2. The van der Waals surface area contributed by atoms with Gasteiger partial charge < -0.3 is 20.7 Å². The maximum Gasteiger partial charge on any atom is 0.240 e. The second-order valence-corrected chi connectivity index (χ2v) is 5.72. The Hall–Kier alpha value is -1.14. The number of hydrogen-bond donors (Lipinski definition) is 2. The molecule has 2 amide bonds. The number of morpholine rings is 1. The quantitative estimate of drug-likeness (QED) is 0.761. The lowest BCUT2D eigenvalue weighted by Crippen LogP contribution is -2.55. The zero-order chi connectivity index (χ0) is 14.4. The van der Waals surface area contributed by atoms with E-state index in [0.717, 1.165) is 32.1 Å². The van der Waals surface area contributed by atoms with Gasteiger partial charge >= 0.3 is 0 Å². The molecule has 20 heavy (non-hydrogen) atoms. The van der Waals surface area contributed by atoms with Crippen LogP contribution >= 0.6 is 0 Å². The summed E-state index contributed by atoms with van der Waals surface area (Å²) < 4.78 is 5.20. The molecule has 1 heterocycles. The predicted octanol–water partition coefficient (Wildman–Crippen LogP) is 0.0131. The molecule has 1 saturated carbocycles. The van der Waals surface area contributed by atoms with Crippen LogP contribution in [0.5, 0.6) is 0 Å². The largest absolute Gasteiger partial charge is 0.378 e. The van der Waals surface area contributed by atoms with E-state index in [9.17, 15) is 9.59 Å². The van der Waals surface area contributed by atoms with Crippen LogP contribution in [0.3, 0.4) is 0 Å². The summed E-state index contributed by atoms with van der Waals surface area (Å²) in [5, 5.41) is 2.82. The third-order valence-electron chi connectivity index (χ3n) is 4.19. The number of hydrogen-bond acceptors (Lipinski definition) is 4. The molecule has 0 atom stereocenters. The second-order valence-electron chi connectivity index (χ2n) is 5.72. The van der Waals surface area contributed by atoms with Gasteiger partial charge in [0.05, 0.1) is 18.8 Å². The van der Waals surface area contributed by atoms with Crippen molar-refractivity contribution in [3.63, 3.8) is 0 Å². The smallest absolute Gasteiger partial charge is 0.240 e. The van der Waals surface area contributed by atoms with Crippen molar-refractivity contribution in [2.45, 2.75) is 44.1 Å². The summed E-state index contributed by atoms with van der Waals surface area (Å²) in [5.74, 6) is -0.0321. The van der Waals surface area contributed by atoms with Crippen LogP contribution in [-0.2, 0) is 14.3 Å². The Kier molecular flexibility index (Phi) is 5.37. The minimum Gasteiger partial charge on any atom is -0.378 e. The number of nitrogens with two attached hydrogens (primary N) is 1. The predicted molar refractivity (Wildman–Crippen MR) is 75.0 cm³/mol. The highest BCUT2D eigenvalue weighted by atomic mass is 16.5. The van der Waals surface area contributed by atoms with Crippen molar-refractivity contribution in [2.24, 2.45) is 5.73 Å². The summed E-state index contributed by atoms with van der Waals surface area (Å²) in [6, 6.07) is 0. The molecule has 114 valence electrons. The molecule has 0 aromatic carbocycles. The van der Waals surface area contributed by atoms with Gasteiger partial charge in [-0.25, -0.2) is 0 Å². The van der Waals surface area contributed by atoms with E-state index in [1.807, 2.05) is 0 Å². The van der Waals surface area contributed by atoms with Crippen molar-refractivity contribution >= 4 is 11.8 Å². The van der Waals surface area contributed by atoms with E-state index in [1.165, 1.54) is 0 Å². The third kappa shape index (κ3) is 3.93. The summed E-state index contributed by atoms with van der Waals surface area (Å²) in [7, 11) is 0. The van der Waals surface area contributed by atoms with Crippen LogP contribution in [0.4, 0.5) is 0 Å². The molecule has 0 unspecified atom stereocenters. The van der Waals surface area contributed by atoms with E-state index < -0.39 is 5.54 Å². The van der Waals surface area contributed by atoms with E-state index >= 15 is 0 Å². The molecule has 6 heteroatoms. The van der Waals surface area contributed by atoms with Gasteiger partial charge in [0.2, 0.25) is 11.8 Å².